The van der Waals surface area contributed by atoms with Crippen LogP contribution < -0.4 is 10.1 Å². The Hall–Kier alpha value is -3.84. The average Bonchev–Trinajstić information content (AvgIpc) is 3.27. The van der Waals surface area contributed by atoms with Gasteiger partial charge in [-0.3, -0.25) is 9.88 Å². The van der Waals surface area contributed by atoms with Crippen LogP contribution in [-0.4, -0.2) is 54.1 Å². The number of para-hydroxylation sites is 2. The van der Waals surface area contributed by atoms with Crippen LogP contribution in [0.25, 0.3) is 22.1 Å². The van der Waals surface area contributed by atoms with Crippen molar-refractivity contribution in [3.63, 3.8) is 0 Å². The van der Waals surface area contributed by atoms with Crippen LogP contribution in [0.15, 0.2) is 77.5 Å². The van der Waals surface area contributed by atoms with Crippen LogP contribution in [0.5, 0.6) is 5.75 Å². The van der Waals surface area contributed by atoms with Gasteiger partial charge in [-0.15, -0.1) is 0 Å². The molecule has 2 aromatic carbocycles. The van der Waals surface area contributed by atoms with Crippen molar-refractivity contribution in [2.24, 2.45) is 0 Å². The maximum Gasteiger partial charge on any atom is 0.322 e. The quantitative estimate of drug-likeness (QED) is 0.478. The number of amides is 2. The summed E-state index contributed by atoms with van der Waals surface area (Å²) in [5.74, 6) is 1.58. The number of urea groups is 1. The number of hydrogen-bond donors (Lipinski definition) is 1. The number of piperazine rings is 1. The second-order valence-electron chi connectivity index (χ2n) is 8.10. The molecule has 1 saturated heterocycles. The zero-order chi connectivity index (χ0) is 22.6. The molecular weight excluding hydrogens is 416 g/mol. The van der Waals surface area contributed by atoms with E-state index < -0.39 is 0 Å². The van der Waals surface area contributed by atoms with Gasteiger partial charge in [0, 0.05) is 49.5 Å². The summed E-state index contributed by atoms with van der Waals surface area (Å²) in [6.07, 6.45) is 3.64. The molecule has 33 heavy (non-hydrogen) atoms. The van der Waals surface area contributed by atoms with Crippen LogP contribution in [0.4, 0.5) is 10.5 Å². The Balaban J connectivity index is 1.19. The molecule has 0 atom stereocenters. The zero-order valence-corrected chi connectivity index (χ0v) is 18.5. The number of fused-ring (bicyclic) bond motifs is 1. The molecule has 1 aliphatic rings. The zero-order valence-electron chi connectivity index (χ0n) is 18.5. The monoisotopic (exact) mass is 442 g/mol. The highest BCUT2D eigenvalue weighted by molar-refractivity contribution is 5.91. The highest BCUT2D eigenvalue weighted by Gasteiger charge is 2.22. The van der Waals surface area contributed by atoms with Crippen molar-refractivity contribution < 1.29 is 13.9 Å². The third kappa shape index (κ3) is 4.68. The van der Waals surface area contributed by atoms with Gasteiger partial charge in [-0.05, 0) is 42.0 Å². The minimum Gasteiger partial charge on any atom is -0.495 e. The van der Waals surface area contributed by atoms with Crippen molar-refractivity contribution in [1.82, 2.24) is 14.8 Å². The summed E-state index contributed by atoms with van der Waals surface area (Å²) in [5.41, 5.74) is 3.77. The van der Waals surface area contributed by atoms with Gasteiger partial charge < -0.3 is 19.4 Å². The largest absolute Gasteiger partial charge is 0.495 e. The number of nitrogens with zero attached hydrogens (tertiary/aromatic N) is 3. The van der Waals surface area contributed by atoms with Gasteiger partial charge in [-0.2, -0.15) is 0 Å². The molecule has 168 valence electrons. The molecule has 0 bridgehead atoms. The molecule has 1 N–H and O–H groups in total. The van der Waals surface area contributed by atoms with Crippen molar-refractivity contribution in [3.8, 4) is 16.9 Å². The Morgan fingerprint density at radius 2 is 1.88 bits per heavy atom. The van der Waals surface area contributed by atoms with Gasteiger partial charge in [-0.1, -0.05) is 24.3 Å². The lowest BCUT2D eigenvalue weighted by atomic mass is 10.1. The normalized spacial score (nSPS) is 14.4. The third-order valence-electron chi connectivity index (χ3n) is 5.95. The van der Waals surface area contributed by atoms with E-state index in [1.165, 1.54) is 0 Å². The molecule has 2 amide bonds. The Morgan fingerprint density at radius 1 is 1.03 bits per heavy atom. The molecule has 0 spiro atoms. The first-order valence-electron chi connectivity index (χ1n) is 11.0. The number of hydrogen-bond acceptors (Lipinski definition) is 5. The predicted molar refractivity (Wildman–Crippen MR) is 128 cm³/mol. The lowest BCUT2D eigenvalue weighted by molar-refractivity contribution is 0.137. The molecule has 0 aliphatic carbocycles. The number of methoxy groups -OCH3 is 1. The number of benzene rings is 2. The number of pyridine rings is 1. The lowest BCUT2D eigenvalue weighted by Gasteiger charge is -2.34. The predicted octanol–water partition coefficient (Wildman–Crippen LogP) is 4.85. The first-order chi connectivity index (χ1) is 16.2. The standard InChI is InChI=1S/C26H26N4O3/c1-32-25-7-3-2-6-23(25)28-26(31)30-13-11-29(12-14-30)18-22-16-21-15-19(8-9-24(21)33-22)20-5-4-10-27-17-20/h2-10,15-17H,11-14,18H2,1H3,(H,28,31). The van der Waals surface area contributed by atoms with E-state index in [-0.39, 0.29) is 6.03 Å². The number of carbonyl (C=O) groups is 1. The molecule has 0 saturated carbocycles. The van der Waals surface area contributed by atoms with Gasteiger partial charge in [0.2, 0.25) is 0 Å². The summed E-state index contributed by atoms with van der Waals surface area (Å²) in [6, 6.07) is 19.6. The summed E-state index contributed by atoms with van der Waals surface area (Å²) in [7, 11) is 1.60. The molecule has 3 heterocycles. The molecule has 7 heteroatoms. The molecule has 1 fully saturated rings. The van der Waals surface area contributed by atoms with Crippen LogP contribution >= 0.6 is 0 Å². The van der Waals surface area contributed by atoms with Crippen LogP contribution in [0.1, 0.15) is 5.76 Å². The molecule has 4 aromatic rings. The molecule has 1 aliphatic heterocycles. The first kappa shape index (κ1) is 21.0. The van der Waals surface area contributed by atoms with Crippen molar-refractivity contribution in [1.29, 1.82) is 0 Å². The number of rotatable bonds is 5. The molecule has 0 unspecified atom stereocenters. The summed E-state index contributed by atoms with van der Waals surface area (Å²) < 4.78 is 11.4. The minimum atomic E-state index is -0.106. The van der Waals surface area contributed by atoms with Crippen molar-refractivity contribution in [3.05, 3.63) is 78.8 Å². The summed E-state index contributed by atoms with van der Waals surface area (Å²) in [5, 5.41) is 4.04. The van der Waals surface area contributed by atoms with Gasteiger partial charge in [0.05, 0.1) is 19.3 Å². The second kappa shape index (κ2) is 9.34. The smallest absolute Gasteiger partial charge is 0.322 e. The van der Waals surface area contributed by atoms with Crippen LogP contribution in [0, 0.1) is 0 Å². The Labute approximate surface area is 192 Å². The van der Waals surface area contributed by atoms with Crippen LogP contribution in [0.3, 0.4) is 0 Å². The fourth-order valence-corrected chi connectivity index (χ4v) is 4.16. The number of nitrogens with one attached hydrogen (secondary N) is 1. The van der Waals surface area contributed by atoms with Crippen molar-refractivity contribution >= 4 is 22.7 Å². The molecule has 2 aromatic heterocycles. The van der Waals surface area contributed by atoms with E-state index >= 15 is 0 Å². The molecule has 5 rings (SSSR count). The highest BCUT2D eigenvalue weighted by atomic mass is 16.5. The van der Waals surface area contributed by atoms with Gasteiger partial charge in [0.1, 0.15) is 17.1 Å². The summed E-state index contributed by atoms with van der Waals surface area (Å²) in [6.45, 7) is 3.62. The summed E-state index contributed by atoms with van der Waals surface area (Å²) in [4.78, 5) is 21.0. The maximum atomic E-state index is 12.7. The van der Waals surface area contributed by atoms with Crippen LogP contribution in [0.2, 0.25) is 0 Å². The fourth-order valence-electron chi connectivity index (χ4n) is 4.16. The summed E-state index contributed by atoms with van der Waals surface area (Å²) >= 11 is 0. The van der Waals surface area contributed by atoms with Crippen LogP contribution in [-0.2, 0) is 6.54 Å². The number of carbonyl (C=O) groups excluding carboxylic acids is 1. The second-order valence-corrected chi connectivity index (χ2v) is 8.10. The van der Waals surface area contributed by atoms with Gasteiger partial charge >= 0.3 is 6.03 Å². The highest BCUT2D eigenvalue weighted by Crippen LogP contribution is 2.27. The lowest BCUT2D eigenvalue weighted by Crippen LogP contribution is -2.49. The van der Waals surface area contributed by atoms with E-state index in [1.54, 1.807) is 13.3 Å². The van der Waals surface area contributed by atoms with Gasteiger partial charge in [-0.25, -0.2) is 4.79 Å². The maximum absolute atomic E-state index is 12.7. The Kier molecular flexibility index (Phi) is 5.95. The minimum absolute atomic E-state index is 0.106. The van der Waals surface area contributed by atoms with E-state index in [1.807, 2.05) is 47.5 Å². The third-order valence-corrected chi connectivity index (χ3v) is 5.95. The number of anilines is 1. The van der Waals surface area contributed by atoms with E-state index in [2.05, 4.69) is 39.5 Å². The van der Waals surface area contributed by atoms with E-state index in [0.29, 0.717) is 24.5 Å². The number of ether oxygens (including phenoxy) is 1. The van der Waals surface area contributed by atoms with Crippen molar-refractivity contribution in [2.75, 3.05) is 38.6 Å². The number of aromatic nitrogens is 1. The number of furan rings is 1. The van der Waals surface area contributed by atoms with E-state index in [0.717, 1.165) is 47.5 Å². The Bertz CT molecular complexity index is 1250. The first-order valence-corrected chi connectivity index (χ1v) is 11.0. The SMILES string of the molecule is COc1ccccc1NC(=O)N1CCN(Cc2cc3cc(-c4cccnc4)ccc3o2)CC1. The van der Waals surface area contributed by atoms with Crippen molar-refractivity contribution in [2.45, 2.75) is 6.54 Å². The molecule has 7 nitrogen and oxygen atoms in total. The Morgan fingerprint density at radius 3 is 2.67 bits per heavy atom. The topological polar surface area (TPSA) is 70.8 Å². The van der Waals surface area contributed by atoms with Gasteiger partial charge in [0.25, 0.3) is 0 Å². The van der Waals surface area contributed by atoms with E-state index in [4.69, 9.17) is 9.15 Å². The molecule has 0 radical (unpaired) electrons. The molecular formula is C26H26N4O3. The average molecular weight is 443 g/mol. The van der Waals surface area contributed by atoms with Gasteiger partial charge in [0.15, 0.2) is 0 Å². The fraction of sp³-hybridized carbons (Fsp3) is 0.231. The van der Waals surface area contributed by atoms with E-state index in [9.17, 15) is 4.79 Å².